The predicted octanol–water partition coefficient (Wildman–Crippen LogP) is 5.17. The lowest BCUT2D eigenvalue weighted by molar-refractivity contribution is 0.00721. The highest BCUT2D eigenvalue weighted by Crippen LogP contribution is 2.40. The molecule has 2 atom stereocenters. The summed E-state index contributed by atoms with van der Waals surface area (Å²) in [6.45, 7) is 19.5. The van der Waals surface area contributed by atoms with Crippen LogP contribution in [0.2, 0.25) is 18.1 Å². The van der Waals surface area contributed by atoms with Crippen LogP contribution < -0.4 is 5.82 Å². The fourth-order valence-electron chi connectivity index (χ4n) is 2.94. The van der Waals surface area contributed by atoms with Crippen LogP contribution in [0, 0.1) is 6.92 Å². The number of aryl methyl sites for hydroxylation is 1. The van der Waals surface area contributed by atoms with Crippen LogP contribution in [0.3, 0.4) is 0 Å². The quantitative estimate of drug-likeness (QED) is 0.561. The summed E-state index contributed by atoms with van der Waals surface area (Å²) in [5, 5.41) is 0.238. The molecule has 0 aliphatic carbocycles. The molecule has 0 spiro atoms. The molecule has 2 unspecified atom stereocenters. The van der Waals surface area contributed by atoms with Crippen molar-refractivity contribution in [1.29, 1.82) is 0 Å². The predicted molar refractivity (Wildman–Crippen MR) is 122 cm³/mol. The number of carbonyl (C=O) groups excluding carboxylic acids is 1. The third-order valence-corrected chi connectivity index (χ3v) is 11.6. The van der Waals surface area contributed by atoms with Crippen LogP contribution in [0.1, 0.15) is 59.5 Å². The minimum Gasteiger partial charge on any atom is -0.444 e. The van der Waals surface area contributed by atoms with Gasteiger partial charge in [0.2, 0.25) is 0 Å². The van der Waals surface area contributed by atoms with E-state index < -0.39 is 19.7 Å². The summed E-state index contributed by atoms with van der Waals surface area (Å²) in [7, 11) is -2.04. The summed E-state index contributed by atoms with van der Waals surface area (Å²) in [4.78, 5) is 25.7. The fraction of sp³-hybridized carbons (Fsp3) is 0.810. The zero-order valence-corrected chi connectivity index (χ0v) is 21.6. The summed E-state index contributed by atoms with van der Waals surface area (Å²) < 4.78 is 22.4. The van der Waals surface area contributed by atoms with E-state index in [1.807, 2.05) is 20.8 Å². The molecule has 0 radical (unpaired) electrons. The summed E-state index contributed by atoms with van der Waals surface area (Å²) in [6, 6.07) is 0. The maximum absolute atomic E-state index is 12.6. The minimum atomic E-state index is -2.04. The van der Waals surface area contributed by atoms with Crippen LogP contribution in [-0.4, -0.2) is 49.4 Å². The Hall–Kier alpha value is -1.19. The Balaban J connectivity index is 2.15. The second-order valence-corrected chi connectivity index (χ2v) is 16.4. The third kappa shape index (κ3) is 6.65. The van der Waals surface area contributed by atoms with Gasteiger partial charge in [0, 0.05) is 11.8 Å². The van der Waals surface area contributed by atoms with E-state index in [1.54, 1.807) is 23.6 Å². The standard InChI is InChI=1S/C21H37NO6SSi/c1-14-16(26-19(24)25-14)13-29-17-10-11-22(18(23)27-20(2,3)4)12-15(17)28-30(8,9)21(5,6)7/h15,17H,10-13H2,1-9H3. The van der Waals surface area contributed by atoms with E-state index in [2.05, 4.69) is 33.9 Å². The zero-order chi connectivity index (χ0) is 22.9. The van der Waals surface area contributed by atoms with Crippen LogP contribution in [0.25, 0.3) is 0 Å². The number of amides is 1. The van der Waals surface area contributed by atoms with Crippen LogP contribution in [-0.2, 0) is 14.9 Å². The molecule has 9 heteroatoms. The Morgan fingerprint density at radius 1 is 1.20 bits per heavy atom. The van der Waals surface area contributed by atoms with E-state index >= 15 is 0 Å². The smallest absolute Gasteiger partial charge is 0.444 e. The van der Waals surface area contributed by atoms with E-state index in [9.17, 15) is 9.59 Å². The Morgan fingerprint density at radius 3 is 2.33 bits per heavy atom. The zero-order valence-electron chi connectivity index (χ0n) is 19.8. The molecule has 1 aromatic heterocycles. The Kier molecular flexibility index (Phi) is 7.62. The lowest BCUT2D eigenvalue weighted by Gasteiger charge is -2.45. The van der Waals surface area contributed by atoms with Gasteiger partial charge >= 0.3 is 11.9 Å². The topological polar surface area (TPSA) is 82.1 Å². The second-order valence-electron chi connectivity index (χ2n) is 10.4. The molecule has 1 amide bonds. The van der Waals surface area contributed by atoms with Gasteiger partial charge in [-0.1, -0.05) is 20.8 Å². The number of carbonyl (C=O) groups is 1. The summed E-state index contributed by atoms with van der Waals surface area (Å²) in [5.41, 5.74) is -0.533. The molecule has 2 heterocycles. The van der Waals surface area contributed by atoms with Gasteiger partial charge in [-0.15, -0.1) is 11.8 Å². The molecule has 1 aromatic rings. The SMILES string of the molecule is Cc1oc(=O)oc1CSC1CCN(C(=O)OC(C)(C)C)CC1O[Si](C)(C)C(C)(C)C. The number of nitrogens with zero attached hydrogens (tertiary/aromatic N) is 1. The molecule has 0 saturated carbocycles. The van der Waals surface area contributed by atoms with Gasteiger partial charge in [0.05, 0.1) is 18.4 Å². The molecule has 1 fully saturated rings. The van der Waals surface area contributed by atoms with Crippen molar-refractivity contribution in [1.82, 2.24) is 4.90 Å². The highest BCUT2D eigenvalue weighted by molar-refractivity contribution is 7.99. The van der Waals surface area contributed by atoms with Crippen molar-refractivity contribution in [2.75, 3.05) is 13.1 Å². The molecule has 2 rings (SSSR count). The van der Waals surface area contributed by atoms with Crippen LogP contribution in [0.5, 0.6) is 0 Å². The van der Waals surface area contributed by atoms with Crippen molar-refractivity contribution in [3.05, 3.63) is 22.1 Å². The molecule has 1 aliphatic heterocycles. The molecule has 7 nitrogen and oxygen atoms in total. The molecule has 0 aromatic carbocycles. The number of ether oxygens (including phenoxy) is 1. The highest BCUT2D eigenvalue weighted by atomic mass is 32.2. The Morgan fingerprint density at radius 2 is 1.83 bits per heavy atom. The first-order valence-corrected chi connectivity index (χ1v) is 14.4. The van der Waals surface area contributed by atoms with Gasteiger partial charge in [0.25, 0.3) is 0 Å². The molecule has 172 valence electrons. The average molecular weight is 460 g/mol. The van der Waals surface area contributed by atoms with Crippen molar-refractivity contribution in [2.24, 2.45) is 0 Å². The van der Waals surface area contributed by atoms with E-state index in [4.69, 9.17) is 18.0 Å². The number of rotatable bonds is 5. The van der Waals surface area contributed by atoms with Crippen LogP contribution in [0.4, 0.5) is 4.79 Å². The second kappa shape index (κ2) is 9.12. The van der Waals surface area contributed by atoms with Crippen molar-refractivity contribution < 1.29 is 22.8 Å². The largest absolute Gasteiger partial charge is 0.519 e. The molecule has 30 heavy (non-hydrogen) atoms. The van der Waals surface area contributed by atoms with Gasteiger partial charge in [0.15, 0.2) is 14.1 Å². The van der Waals surface area contributed by atoms with Gasteiger partial charge in [0.1, 0.15) is 11.4 Å². The molecule has 1 saturated heterocycles. The van der Waals surface area contributed by atoms with Crippen molar-refractivity contribution in [2.45, 2.75) is 95.7 Å². The molecule has 0 bridgehead atoms. The van der Waals surface area contributed by atoms with E-state index in [0.717, 1.165) is 6.42 Å². The van der Waals surface area contributed by atoms with Crippen LogP contribution in [0.15, 0.2) is 13.6 Å². The number of likely N-dealkylation sites (tertiary alicyclic amines) is 1. The number of thioether (sulfide) groups is 1. The highest BCUT2D eigenvalue weighted by Gasteiger charge is 2.43. The monoisotopic (exact) mass is 459 g/mol. The first kappa shape index (κ1) is 25.1. The third-order valence-electron chi connectivity index (χ3n) is 5.67. The Bertz CT molecular complexity index is 789. The van der Waals surface area contributed by atoms with Gasteiger partial charge < -0.3 is 22.9 Å². The maximum atomic E-state index is 12.6. The fourth-order valence-corrected chi connectivity index (χ4v) is 5.64. The maximum Gasteiger partial charge on any atom is 0.519 e. The molecule has 1 aliphatic rings. The first-order valence-electron chi connectivity index (χ1n) is 10.5. The lowest BCUT2D eigenvalue weighted by Crippen LogP contribution is -2.55. The normalized spacial score (nSPS) is 21.0. The minimum absolute atomic E-state index is 0.0599. The average Bonchev–Trinajstić information content (AvgIpc) is 2.88. The van der Waals surface area contributed by atoms with Crippen molar-refractivity contribution in [3.8, 4) is 0 Å². The van der Waals surface area contributed by atoms with Crippen molar-refractivity contribution in [3.63, 3.8) is 0 Å². The summed E-state index contributed by atoms with van der Waals surface area (Å²) in [6.07, 6.45) is 0.368. The molecular formula is C21H37NO6SSi. The van der Waals surface area contributed by atoms with E-state index in [0.29, 0.717) is 30.4 Å². The number of piperidine rings is 1. The van der Waals surface area contributed by atoms with Gasteiger partial charge in [-0.25, -0.2) is 9.59 Å². The number of hydrogen-bond acceptors (Lipinski definition) is 7. The lowest BCUT2D eigenvalue weighted by atomic mass is 10.1. The summed E-state index contributed by atoms with van der Waals surface area (Å²) >= 11 is 1.69. The first-order chi connectivity index (χ1) is 13.6. The number of hydrogen-bond donors (Lipinski definition) is 0. The van der Waals surface area contributed by atoms with E-state index in [1.165, 1.54) is 0 Å². The Labute approximate surface area is 185 Å². The molecular weight excluding hydrogens is 422 g/mol. The summed E-state index contributed by atoms with van der Waals surface area (Å²) in [5.74, 6) is 0.939. The molecule has 0 N–H and O–H groups in total. The van der Waals surface area contributed by atoms with Gasteiger partial charge in [-0.2, -0.15) is 0 Å². The van der Waals surface area contributed by atoms with Crippen LogP contribution >= 0.6 is 11.8 Å². The van der Waals surface area contributed by atoms with Gasteiger partial charge in [-0.3, -0.25) is 0 Å². The van der Waals surface area contributed by atoms with Gasteiger partial charge in [-0.05, 0) is 52.2 Å². The van der Waals surface area contributed by atoms with E-state index in [-0.39, 0.29) is 22.5 Å². The van der Waals surface area contributed by atoms with Crippen molar-refractivity contribution >= 4 is 26.2 Å².